The highest BCUT2D eigenvalue weighted by atomic mass is 32.2. The fraction of sp³-hybridized carbons (Fsp3) is 0.857. The smallest absolute Gasteiger partial charge is 0.321 e. The van der Waals surface area contributed by atoms with Gasteiger partial charge in [0.1, 0.15) is 6.04 Å². The molecule has 2 atom stereocenters. The molecule has 3 N–H and O–H groups in total. The molecule has 0 aromatic heterocycles. The first-order valence-electron chi connectivity index (χ1n) is 3.91. The molecule has 0 bridgehead atoms. The summed E-state index contributed by atoms with van der Waals surface area (Å²) in [7, 11) is -1.08. The second-order valence-corrected chi connectivity index (χ2v) is 4.23. The van der Waals surface area contributed by atoms with E-state index in [2.05, 4.69) is 0 Å². The Morgan fingerprint density at radius 3 is 2.67 bits per heavy atom. The molecule has 0 aliphatic carbocycles. The number of hydrogen-bond acceptors (Lipinski definition) is 3. The third kappa shape index (κ3) is 5.26. The minimum absolute atomic E-state index is 0.0648. The maximum Gasteiger partial charge on any atom is 0.321 e. The second kappa shape index (κ2) is 6.14. The lowest BCUT2D eigenvalue weighted by Gasteiger charge is -2.04. The maximum atomic E-state index is 11.1. The molecule has 0 rings (SSSR count). The third-order valence-electron chi connectivity index (χ3n) is 1.41. The lowest BCUT2D eigenvalue weighted by atomic mass is 10.4. The van der Waals surface area contributed by atoms with Gasteiger partial charge < -0.3 is 10.8 Å². The Morgan fingerprint density at radius 2 is 2.25 bits per heavy atom. The van der Waals surface area contributed by atoms with Gasteiger partial charge in [0.2, 0.25) is 0 Å². The Kier molecular flexibility index (Phi) is 5.92. The normalized spacial score (nSPS) is 15.5. The maximum absolute atomic E-state index is 11.1. The van der Waals surface area contributed by atoms with E-state index in [1.165, 1.54) is 0 Å². The molecule has 0 radical (unpaired) electrons. The van der Waals surface area contributed by atoms with Gasteiger partial charge in [-0.05, 0) is 6.42 Å². The Bertz CT molecular complexity index is 172. The summed E-state index contributed by atoms with van der Waals surface area (Å²) in [5.74, 6) is -0.466. The highest BCUT2D eigenvalue weighted by Gasteiger charge is 2.14. The number of carboxylic acid groups (broad SMARTS) is 1. The van der Waals surface area contributed by atoms with Crippen LogP contribution >= 0.6 is 0 Å². The van der Waals surface area contributed by atoms with E-state index >= 15 is 0 Å². The van der Waals surface area contributed by atoms with Crippen LogP contribution in [0.3, 0.4) is 0 Å². The van der Waals surface area contributed by atoms with E-state index in [0.717, 1.165) is 12.8 Å². The number of nitrogens with two attached hydrogens (primary N) is 1. The first-order valence-corrected chi connectivity index (χ1v) is 5.40. The highest BCUT2D eigenvalue weighted by molar-refractivity contribution is 7.85. The van der Waals surface area contributed by atoms with Crippen LogP contribution < -0.4 is 5.73 Å². The van der Waals surface area contributed by atoms with Gasteiger partial charge in [-0.1, -0.05) is 13.3 Å². The summed E-state index contributed by atoms with van der Waals surface area (Å²) < 4.78 is 11.1. The predicted molar refractivity (Wildman–Crippen MR) is 48.4 cm³/mol. The van der Waals surface area contributed by atoms with Crippen molar-refractivity contribution in [3.8, 4) is 0 Å². The van der Waals surface area contributed by atoms with Crippen molar-refractivity contribution in [3.05, 3.63) is 0 Å². The first kappa shape index (κ1) is 11.6. The van der Waals surface area contributed by atoms with E-state index in [0.29, 0.717) is 5.75 Å². The molecule has 0 aromatic carbocycles. The lowest BCUT2D eigenvalue weighted by molar-refractivity contribution is -0.137. The summed E-state index contributed by atoms with van der Waals surface area (Å²) in [6, 6.07) is -0.984. The molecule has 0 aliphatic rings. The topological polar surface area (TPSA) is 80.4 Å². The van der Waals surface area contributed by atoms with E-state index in [9.17, 15) is 9.00 Å². The Morgan fingerprint density at radius 1 is 1.67 bits per heavy atom. The molecule has 5 heteroatoms. The van der Waals surface area contributed by atoms with Gasteiger partial charge in [-0.3, -0.25) is 9.00 Å². The van der Waals surface area contributed by atoms with Crippen LogP contribution in [-0.4, -0.2) is 32.8 Å². The van der Waals surface area contributed by atoms with E-state index in [4.69, 9.17) is 10.8 Å². The Balaban J connectivity index is 3.61. The van der Waals surface area contributed by atoms with Gasteiger partial charge in [0, 0.05) is 22.3 Å². The second-order valence-electron chi connectivity index (χ2n) is 2.61. The molecule has 0 spiro atoms. The Labute approximate surface area is 74.6 Å². The SMILES string of the molecule is CCCCS(=O)C[C@@H](N)C(=O)O. The molecule has 0 saturated heterocycles. The number of carboxylic acids is 1. The van der Waals surface area contributed by atoms with Gasteiger partial charge in [-0.2, -0.15) is 0 Å². The zero-order chi connectivity index (χ0) is 9.56. The van der Waals surface area contributed by atoms with Crippen LogP contribution in [0, 0.1) is 0 Å². The van der Waals surface area contributed by atoms with E-state index in [1.807, 2.05) is 6.92 Å². The molecule has 1 unspecified atom stereocenters. The van der Waals surface area contributed by atoms with E-state index < -0.39 is 22.8 Å². The van der Waals surface area contributed by atoms with Crippen LogP contribution in [-0.2, 0) is 15.6 Å². The fourth-order valence-corrected chi connectivity index (χ4v) is 1.98. The zero-order valence-corrected chi connectivity index (χ0v) is 7.97. The quantitative estimate of drug-likeness (QED) is 0.619. The average molecular weight is 193 g/mol. The summed E-state index contributed by atoms with van der Waals surface area (Å²) in [5, 5.41) is 8.40. The first-order chi connectivity index (χ1) is 5.57. The molecule has 72 valence electrons. The van der Waals surface area contributed by atoms with E-state index in [-0.39, 0.29) is 5.75 Å². The van der Waals surface area contributed by atoms with Crippen molar-refractivity contribution < 1.29 is 14.1 Å². The molecular weight excluding hydrogens is 178 g/mol. The Hall–Kier alpha value is -0.420. The fourth-order valence-electron chi connectivity index (χ4n) is 0.660. The minimum Gasteiger partial charge on any atom is -0.480 e. The molecule has 0 heterocycles. The average Bonchev–Trinajstić information content (AvgIpc) is 2.00. The lowest BCUT2D eigenvalue weighted by Crippen LogP contribution is -2.36. The molecular formula is C7H15NO3S. The number of unbranched alkanes of at least 4 members (excludes halogenated alkanes) is 1. The number of rotatable bonds is 6. The van der Waals surface area contributed by atoms with Crippen molar-refractivity contribution in [2.24, 2.45) is 5.73 Å². The molecule has 0 saturated carbocycles. The third-order valence-corrected chi connectivity index (χ3v) is 2.88. The van der Waals surface area contributed by atoms with Gasteiger partial charge >= 0.3 is 5.97 Å². The highest BCUT2D eigenvalue weighted by Crippen LogP contribution is 1.94. The summed E-state index contributed by atoms with van der Waals surface area (Å²) in [6.07, 6.45) is 1.83. The van der Waals surface area contributed by atoms with Crippen LogP contribution in [0.15, 0.2) is 0 Å². The molecule has 4 nitrogen and oxygen atoms in total. The van der Waals surface area contributed by atoms with Crippen molar-refractivity contribution in [1.82, 2.24) is 0 Å². The predicted octanol–water partition coefficient (Wildman–Crippen LogP) is -0.0529. The van der Waals surface area contributed by atoms with E-state index in [1.54, 1.807) is 0 Å². The molecule has 12 heavy (non-hydrogen) atoms. The van der Waals surface area contributed by atoms with Crippen LogP contribution in [0.4, 0.5) is 0 Å². The van der Waals surface area contributed by atoms with Crippen molar-refractivity contribution in [2.75, 3.05) is 11.5 Å². The van der Waals surface area contributed by atoms with Gasteiger partial charge in [-0.15, -0.1) is 0 Å². The zero-order valence-electron chi connectivity index (χ0n) is 7.16. The van der Waals surface area contributed by atoms with Crippen LogP contribution in [0.25, 0.3) is 0 Å². The van der Waals surface area contributed by atoms with Gasteiger partial charge in [0.15, 0.2) is 0 Å². The largest absolute Gasteiger partial charge is 0.480 e. The molecule has 0 aliphatic heterocycles. The van der Waals surface area contributed by atoms with Crippen molar-refractivity contribution in [2.45, 2.75) is 25.8 Å². The van der Waals surface area contributed by atoms with Gasteiger partial charge in [0.25, 0.3) is 0 Å². The summed E-state index contributed by atoms with van der Waals surface area (Å²) in [5.41, 5.74) is 5.20. The van der Waals surface area contributed by atoms with Crippen LogP contribution in [0.5, 0.6) is 0 Å². The summed E-state index contributed by atoms with van der Waals surface area (Å²) in [6.45, 7) is 1.99. The number of aliphatic carboxylic acids is 1. The molecule has 0 aromatic rings. The van der Waals surface area contributed by atoms with Gasteiger partial charge in [0.05, 0.1) is 0 Å². The molecule has 0 amide bonds. The summed E-state index contributed by atoms with van der Waals surface area (Å²) >= 11 is 0. The van der Waals surface area contributed by atoms with Crippen LogP contribution in [0.2, 0.25) is 0 Å². The van der Waals surface area contributed by atoms with Crippen molar-refractivity contribution in [1.29, 1.82) is 0 Å². The van der Waals surface area contributed by atoms with Gasteiger partial charge in [-0.25, -0.2) is 0 Å². The standard InChI is InChI=1S/C7H15NO3S/c1-2-3-4-12(11)5-6(8)7(9)10/h6H,2-5,8H2,1H3,(H,9,10)/t6-,12?/m1/s1. The summed E-state index contributed by atoms with van der Waals surface area (Å²) in [4.78, 5) is 10.2. The monoisotopic (exact) mass is 193 g/mol. The van der Waals surface area contributed by atoms with Crippen LogP contribution in [0.1, 0.15) is 19.8 Å². The van der Waals surface area contributed by atoms with Crippen molar-refractivity contribution >= 4 is 16.8 Å². The molecule has 0 fully saturated rings. The van der Waals surface area contributed by atoms with Crippen molar-refractivity contribution in [3.63, 3.8) is 0 Å². The number of carbonyl (C=O) groups is 1. The number of hydrogen-bond donors (Lipinski definition) is 2. The minimum atomic E-state index is -1.08.